The molecule has 8 heteroatoms. The van der Waals surface area contributed by atoms with Crippen LogP contribution in [0.4, 0.5) is 5.69 Å². The lowest BCUT2D eigenvalue weighted by atomic mass is 10.0. The second-order valence-electron chi connectivity index (χ2n) is 8.74. The third kappa shape index (κ3) is 4.38. The number of nitrogens with one attached hydrogen (secondary N) is 1. The molecule has 0 spiro atoms. The Morgan fingerprint density at radius 2 is 1.69 bits per heavy atom. The van der Waals surface area contributed by atoms with Gasteiger partial charge < -0.3 is 14.8 Å². The number of carbonyl (C=O) groups is 1. The first kappa shape index (κ1) is 22.2. The van der Waals surface area contributed by atoms with Crippen LogP contribution < -0.4 is 4.90 Å². The molecule has 0 bridgehead atoms. The highest BCUT2D eigenvalue weighted by molar-refractivity contribution is 7.08. The standard InChI is InChI=1S/C28H24N6OS/c35-28(27-26(31-32-36-27)21-9-5-2-6-10-21)34-14-13-33(18-24-16-29-19-30-24)25-12-11-22(15-23(25)17-34)20-7-3-1-4-8-20/h1-12,15-16,19H,13-14,17-18H2,(H,29,30). The zero-order valence-corrected chi connectivity index (χ0v) is 20.4. The van der Waals surface area contributed by atoms with Gasteiger partial charge in [-0.2, -0.15) is 0 Å². The van der Waals surface area contributed by atoms with Gasteiger partial charge in [0.05, 0.1) is 18.6 Å². The normalized spacial score (nSPS) is 13.3. The van der Waals surface area contributed by atoms with Gasteiger partial charge in [0, 0.05) is 37.1 Å². The van der Waals surface area contributed by atoms with Crippen LogP contribution in [-0.4, -0.2) is 43.5 Å². The summed E-state index contributed by atoms with van der Waals surface area (Å²) in [6.45, 7) is 2.46. The fourth-order valence-electron chi connectivity index (χ4n) is 4.65. The number of aromatic amines is 1. The molecule has 0 fully saturated rings. The van der Waals surface area contributed by atoms with Crippen molar-refractivity contribution in [3.05, 3.63) is 108 Å². The molecule has 0 unspecified atom stereocenters. The average Bonchev–Trinajstić information content (AvgIpc) is 3.60. The van der Waals surface area contributed by atoms with Crippen LogP contribution >= 0.6 is 11.5 Å². The lowest BCUT2D eigenvalue weighted by Crippen LogP contribution is -2.35. The van der Waals surface area contributed by atoms with Crippen molar-refractivity contribution in [3.63, 3.8) is 0 Å². The summed E-state index contributed by atoms with van der Waals surface area (Å²) in [5.41, 5.74) is 7.02. The van der Waals surface area contributed by atoms with Crippen molar-refractivity contribution in [1.29, 1.82) is 0 Å². The van der Waals surface area contributed by atoms with E-state index in [1.54, 1.807) is 6.33 Å². The fourth-order valence-corrected chi connectivity index (χ4v) is 5.30. The molecule has 1 amide bonds. The Kier molecular flexibility index (Phi) is 6.01. The number of nitrogens with zero attached hydrogens (tertiary/aromatic N) is 5. The van der Waals surface area contributed by atoms with Crippen LogP contribution in [0.2, 0.25) is 0 Å². The van der Waals surface area contributed by atoms with E-state index in [0.29, 0.717) is 36.8 Å². The smallest absolute Gasteiger partial charge is 0.268 e. The van der Waals surface area contributed by atoms with E-state index in [1.807, 2.05) is 59.6 Å². The van der Waals surface area contributed by atoms with Gasteiger partial charge in [0.1, 0.15) is 10.6 Å². The lowest BCUT2D eigenvalue weighted by molar-refractivity contribution is 0.0757. The third-order valence-electron chi connectivity index (χ3n) is 6.45. The topological polar surface area (TPSA) is 78.0 Å². The molecule has 3 heterocycles. The van der Waals surface area contributed by atoms with Crippen molar-refractivity contribution < 1.29 is 4.79 Å². The number of imidazole rings is 1. The van der Waals surface area contributed by atoms with Gasteiger partial charge in [0.2, 0.25) is 0 Å². The largest absolute Gasteiger partial charge is 0.364 e. The van der Waals surface area contributed by atoms with Crippen LogP contribution in [0, 0.1) is 0 Å². The summed E-state index contributed by atoms with van der Waals surface area (Å²) in [7, 11) is 0. The average molecular weight is 493 g/mol. The maximum absolute atomic E-state index is 13.8. The summed E-state index contributed by atoms with van der Waals surface area (Å²) in [6, 6.07) is 26.6. The highest BCUT2D eigenvalue weighted by Crippen LogP contribution is 2.33. The monoisotopic (exact) mass is 492 g/mol. The Balaban J connectivity index is 1.36. The van der Waals surface area contributed by atoms with E-state index in [9.17, 15) is 4.79 Å². The maximum Gasteiger partial charge on any atom is 0.268 e. The van der Waals surface area contributed by atoms with E-state index in [-0.39, 0.29) is 5.91 Å². The molecule has 1 aliphatic rings. The minimum atomic E-state index is -0.0402. The second kappa shape index (κ2) is 9.75. The molecule has 1 aliphatic heterocycles. The van der Waals surface area contributed by atoms with E-state index >= 15 is 0 Å². The SMILES string of the molecule is O=C(c1snnc1-c1ccccc1)N1CCN(Cc2c[nH]cn2)c2ccc(-c3ccccc3)cc2C1. The van der Waals surface area contributed by atoms with E-state index in [1.165, 1.54) is 0 Å². The molecule has 0 radical (unpaired) electrons. The molecule has 7 nitrogen and oxygen atoms in total. The first-order chi connectivity index (χ1) is 17.8. The molecule has 0 atom stereocenters. The van der Waals surface area contributed by atoms with Crippen molar-refractivity contribution in [1.82, 2.24) is 24.5 Å². The van der Waals surface area contributed by atoms with Crippen LogP contribution in [0.5, 0.6) is 0 Å². The number of hydrogen-bond donors (Lipinski definition) is 1. The van der Waals surface area contributed by atoms with Crippen LogP contribution in [0.1, 0.15) is 20.9 Å². The summed E-state index contributed by atoms with van der Waals surface area (Å²) < 4.78 is 4.12. The predicted molar refractivity (Wildman–Crippen MR) is 142 cm³/mol. The van der Waals surface area contributed by atoms with Crippen LogP contribution in [-0.2, 0) is 13.1 Å². The summed E-state index contributed by atoms with van der Waals surface area (Å²) in [4.78, 5) is 26.1. The molecular formula is C28H24N6OS. The molecule has 0 saturated heterocycles. The first-order valence-electron chi connectivity index (χ1n) is 11.8. The molecule has 1 N–H and O–H groups in total. The molecule has 6 rings (SSSR count). The molecule has 2 aromatic heterocycles. The van der Waals surface area contributed by atoms with Crippen LogP contribution in [0.3, 0.4) is 0 Å². The van der Waals surface area contributed by atoms with Crippen molar-refractivity contribution in [2.75, 3.05) is 18.0 Å². The number of fused-ring (bicyclic) bond motifs is 1. The molecule has 5 aromatic rings. The van der Waals surface area contributed by atoms with Gasteiger partial charge in [-0.15, -0.1) is 5.10 Å². The molecule has 0 saturated carbocycles. The zero-order chi connectivity index (χ0) is 24.3. The van der Waals surface area contributed by atoms with Gasteiger partial charge in [-0.3, -0.25) is 4.79 Å². The van der Waals surface area contributed by atoms with Crippen molar-refractivity contribution >= 4 is 23.1 Å². The van der Waals surface area contributed by atoms with Crippen LogP contribution in [0.25, 0.3) is 22.4 Å². The van der Waals surface area contributed by atoms with Gasteiger partial charge in [-0.1, -0.05) is 71.2 Å². The van der Waals surface area contributed by atoms with Gasteiger partial charge in [0.15, 0.2) is 0 Å². The number of hydrogen-bond acceptors (Lipinski definition) is 6. The highest BCUT2D eigenvalue weighted by atomic mass is 32.1. The number of benzene rings is 3. The van der Waals surface area contributed by atoms with Crippen molar-refractivity contribution in [3.8, 4) is 22.4 Å². The van der Waals surface area contributed by atoms with E-state index in [4.69, 9.17) is 0 Å². The maximum atomic E-state index is 13.8. The van der Waals surface area contributed by atoms with E-state index in [0.717, 1.165) is 45.2 Å². The molecule has 0 aliphatic carbocycles. The first-order valence-corrected chi connectivity index (χ1v) is 12.6. The minimum Gasteiger partial charge on any atom is -0.364 e. The Morgan fingerprint density at radius 3 is 2.44 bits per heavy atom. The summed E-state index contributed by atoms with van der Waals surface area (Å²) in [5, 5.41) is 4.29. The number of aromatic nitrogens is 4. The Labute approximate surface area is 213 Å². The zero-order valence-electron chi connectivity index (χ0n) is 19.5. The quantitative estimate of drug-likeness (QED) is 0.362. The Morgan fingerprint density at radius 1 is 0.917 bits per heavy atom. The van der Waals surface area contributed by atoms with Gasteiger partial charge in [0.25, 0.3) is 5.91 Å². The lowest BCUT2D eigenvalue weighted by Gasteiger charge is -2.24. The number of H-pyrrole nitrogens is 1. The summed E-state index contributed by atoms with van der Waals surface area (Å²) in [6.07, 6.45) is 3.62. The van der Waals surface area contributed by atoms with Crippen LogP contribution in [0.15, 0.2) is 91.4 Å². The minimum absolute atomic E-state index is 0.0402. The predicted octanol–water partition coefficient (Wildman–Crippen LogP) is 5.26. The van der Waals surface area contributed by atoms with Gasteiger partial charge >= 0.3 is 0 Å². The number of anilines is 1. The fraction of sp³-hybridized carbons (Fsp3) is 0.143. The summed E-state index contributed by atoms with van der Waals surface area (Å²) in [5.74, 6) is -0.0402. The van der Waals surface area contributed by atoms with Gasteiger partial charge in [-0.25, -0.2) is 4.98 Å². The number of amides is 1. The number of rotatable bonds is 5. The molecule has 36 heavy (non-hydrogen) atoms. The number of carbonyl (C=O) groups excluding carboxylic acids is 1. The van der Waals surface area contributed by atoms with Crippen molar-refractivity contribution in [2.45, 2.75) is 13.1 Å². The van der Waals surface area contributed by atoms with Crippen molar-refractivity contribution in [2.24, 2.45) is 0 Å². The molecule has 3 aromatic carbocycles. The Bertz CT molecular complexity index is 1470. The summed E-state index contributed by atoms with van der Waals surface area (Å²) >= 11 is 1.16. The Hall–Kier alpha value is -4.30. The molecule has 178 valence electrons. The van der Waals surface area contributed by atoms with E-state index < -0.39 is 0 Å². The van der Waals surface area contributed by atoms with E-state index in [2.05, 4.69) is 54.8 Å². The second-order valence-corrected chi connectivity index (χ2v) is 9.49. The highest BCUT2D eigenvalue weighted by Gasteiger charge is 2.28. The molecular weight excluding hydrogens is 468 g/mol. The van der Waals surface area contributed by atoms with Gasteiger partial charge in [-0.05, 0) is 40.4 Å². The third-order valence-corrected chi connectivity index (χ3v) is 7.17.